The summed E-state index contributed by atoms with van der Waals surface area (Å²) in [7, 11) is 0. The molecule has 5 heteroatoms. The first-order chi connectivity index (χ1) is 12.4. The minimum atomic E-state index is -0.525. The van der Waals surface area contributed by atoms with E-state index in [4.69, 9.17) is 9.72 Å². The number of carbonyl (C=O) groups is 1. The molecule has 0 atom stereocenters. The molecule has 0 unspecified atom stereocenters. The number of H-pyrrole nitrogens is 1. The van der Waals surface area contributed by atoms with Gasteiger partial charge in [-0.05, 0) is 57.4 Å². The molecule has 0 saturated heterocycles. The monoisotopic (exact) mass is 349 g/mol. The van der Waals surface area contributed by atoms with Gasteiger partial charge in [-0.1, -0.05) is 24.3 Å². The SMILES string of the molecule is CC(C)(C)OC(=O)N1CCCc2cccc(-c3nc4ccccc4[nH]3)c21. The van der Waals surface area contributed by atoms with E-state index < -0.39 is 5.60 Å². The smallest absolute Gasteiger partial charge is 0.414 e. The summed E-state index contributed by atoms with van der Waals surface area (Å²) >= 11 is 0. The number of rotatable bonds is 1. The Labute approximate surface area is 153 Å². The Morgan fingerprint density at radius 1 is 1.15 bits per heavy atom. The number of carbonyl (C=O) groups excluding carboxylic acids is 1. The molecule has 5 nitrogen and oxygen atoms in total. The number of nitrogens with one attached hydrogen (secondary N) is 1. The van der Waals surface area contributed by atoms with Crippen molar-refractivity contribution in [3.8, 4) is 11.4 Å². The molecule has 1 N–H and O–H groups in total. The van der Waals surface area contributed by atoms with E-state index in [2.05, 4.69) is 11.1 Å². The number of anilines is 1. The number of aryl methyl sites for hydroxylation is 1. The maximum absolute atomic E-state index is 12.8. The second kappa shape index (κ2) is 6.16. The topological polar surface area (TPSA) is 58.2 Å². The lowest BCUT2D eigenvalue weighted by molar-refractivity contribution is 0.0578. The van der Waals surface area contributed by atoms with Crippen LogP contribution in [0.2, 0.25) is 0 Å². The summed E-state index contributed by atoms with van der Waals surface area (Å²) in [5.74, 6) is 0.776. The van der Waals surface area contributed by atoms with Gasteiger partial charge in [-0.15, -0.1) is 0 Å². The van der Waals surface area contributed by atoms with E-state index in [-0.39, 0.29) is 6.09 Å². The van der Waals surface area contributed by atoms with Gasteiger partial charge in [0, 0.05) is 12.1 Å². The van der Waals surface area contributed by atoms with Gasteiger partial charge in [0.2, 0.25) is 0 Å². The van der Waals surface area contributed by atoms with Crippen molar-refractivity contribution in [2.45, 2.75) is 39.2 Å². The molecular weight excluding hydrogens is 326 g/mol. The van der Waals surface area contributed by atoms with E-state index in [1.165, 1.54) is 0 Å². The molecule has 1 amide bonds. The fraction of sp³-hybridized carbons (Fsp3) is 0.333. The number of nitrogens with zero attached hydrogens (tertiary/aromatic N) is 2. The van der Waals surface area contributed by atoms with Crippen molar-refractivity contribution in [1.82, 2.24) is 9.97 Å². The van der Waals surface area contributed by atoms with E-state index in [0.29, 0.717) is 6.54 Å². The van der Waals surface area contributed by atoms with E-state index >= 15 is 0 Å². The summed E-state index contributed by atoms with van der Waals surface area (Å²) in [6, 6.07) is 14.1. The summed E-state index contributed by atoms with van der Waals surface area (Å²) in [4.78, 5) is 22.7. The molecule has 2 aromatic carbocycles. The van der Waals surface area contributed by atoms with Gasteiger partial charge < -0.3 is 9.72 Å². The van der Waals surface area contributed by atoms with Crippen molar-refractivity contribution in [2.75, 3.05) is 11.4 Å². The van der Waals surface area contributed by atoms with Crippen LogP contribution >= 0.6 is 0 Å². The highest BCUT2D eigenvalue weighted by Gasteiger charge is 2.30. The Bertz CT molecular complexity index is 936. The third kappa shape index (κ3) is 3.05. The average molecular weight is 349 g/mol. The van der Waals surface area contributed by atoms with Crippen LogP contribution in [0.25, 0.3) is 22.4 Å². The van der Waals surface area contributed by atoms with Gasteiger partial charge in [0.05, 0.1) is 16.7 Å². The first-order valence-corrected chi connectivity index (χ1v) is 9.00. The van der Waals surface area contributed by atoms with Crippen molar-refractivity contribution in [3.05, 3.63) is 48.0 Å². The molecule has 0 radical (unpaired) electrons. The van der Waals surface area contributed by atoms with E-state index in [1.807, 2.05) is 57.2 Å². The molecule has 1 aliphatic rings. The van der Waals surface area contributed by atoms with Crippen LogP contribution in [-0.4, -0.2) is 28.2 Å². The Morgan fingerprint density at radius 3 is 2.73 bits per heavy atom. The van der Waals surface area contributed by atoms with Crippen LogP contribution in [0.3, 0.4) is 0 Å². The van der Waals surface area contributed by atoms with Crippen molar-refractivity contribution in [1.29, 1.82) is 0 Å². The molecule has 0 spiro atoms. The van der Waals surface area contributed by atoms with Crippen LogP contribution in [0.1, 0.15) is 32.8 Å². The molecule has 26 heavy (non-hydrogen) atoms. The summed E-state index contributed by atoms with van der Waals surface area (Å²) in [5.41, 5.74) is 4.37. The lowest BCUT2D eigenvalue weighted by Gasteiger charge is -2.33. The lowest BCUT2D eigenvalue weighted by Crippen LogP contribution is -2.40. The van der Waals surface area contributed by atoms with Crippen LogP contribution < -0.4 is 4.90 Å². The standard InChI is InChI=1S/C21H23N3O2/c1-21(2,3)26-20(25)24-13-7-9-14-8-6-10-15(18(14)24)19-22-16-11-4-5-12-17(16)23-19/h4-6,8,10-12H,7,9,13H2,1-3H3,(H,22,23). The molecule has 1 aromatic heterocycles. The van der Waals surface area contributed by atoms with Crippen LogP contribution in [0.15, 0.2) is 42.5 Å². The first-order valence-electron chi connectivity index (χ1n) is 9.00. The fourth-order valence-electron chi connectivity index (χ4n) is 3.42. The third-order valence-electron chi connectivity index (χ3n) is 4.48. The zero-order valence-electron chi connectivity index (χ0n) is 15.4. The van der Waals surface area contributed by atoms with Crippen molar-refractivity contribution >= 4 is 22.8 Å². The van der Waals surface area contributed by atoms with Crippen LogP contribution in [0.4, 0.5) is 10.5 Å². The summed E-state index contributed by atoms with van der Waals surface area (Å²) in [5, 5.41) is 0. The summed E-state index contributed by atoms with van der Waals surface area (Å²) in [6.45, 7) is 6.32. The van der Waals surface area contributed by atoms with Crippen molar-refractivity contribution in [3.63, 3.8) is 0 Å². The highest BCUT2D eigenvalue weighted by Crippen LogP contribution is 2.37. The van der Waals surface area contributed by atoms with Crippen molar-refractivity contribution < 1.29 is 9.53 Å². The molecule has 2 heterocycles. The number of aromatic nitrogens is 2. The molecule has 3 aromatic rings. The van der Waals surface area contributed by atoms with E-state index in [0.717, 1.165) is 46.5 Å². The Hall–Kier alpha value is -2.82. The number of fused-ring (bicyclic) bond motifs is 2. The van der Waals surface area contributed by atoms with E-state index in [1.54, 1.807) is 4.90 Å². The van der Waals surface area contributed by atoms with Crippen LogP contribution in [0, 0.1) is 0 Å². The number of imidazole rings is 1. The van der Waals surface area contributed by atoms with Gasteiger partial charge in [0.25, 0.3) is 0 Å². The molecule has 1 aliphatic heterocycles. The van der Waals surface area contributed by atoms with Gasteiger partial charge in [0.15, 0.2) is 0 Å². The Kier molecular flexibility index (Phi) is 3.94. The predicted octanol–water partition coefficient (Wildman–Crippen LogP) is 4.92. The third-order valence-corrected chi connectivity index (χ3v) is 4.48. The van der Waals surface area contributed by atoms with Gasteiger partial charge in [-0.2, -0.15) is 0 Å². The highest BCUT2D eigenvalue weighted by atomic mass is 16.6. The van der Waals surface area contributed by atoms with Gasteiger partial charge in [0.1, 0.15) is 11.4 Å². The molecule has 0 aliphatic carbocycles. The maximum atomic E-state index is 12.8. The van der Waals surface area contributed by atoms with Gasteiger partial charge in [-0.25, -0.2) is 9.78 Å². The normalized spacial score (nSPS) is 14.3. The molecule has 4 rings (SSSR count). The molecule has 134 valence electrons. The summed E-state index contributed by atoms with van der Waals surface area (Å²) < 4.78 is 5.64. The second-order valence-corrected chi connectivity index (χ2v) is 7.65. The molecule has 0 bridgehead atoms. The fourth-order valence-corrected chi connectivity index (χ4v) is 3.42. The first kappa shape index (κ1) is 16.6. The number of hydrogen-bond donors (Lipinski definition) is 1. The van der Waals surface area contributed by atoms with Crippen LogP contribution in [-0.2, 0) is 11.2 Å². The van der Waals surface area contributed by atoms with E-state index in [9.17, 15) is 4.79 Å². The largest absolute Gasteiger partial charge is 0.443 e. The zero-order valence-corrected chi connectivity index (χ0v) is 15.4. The number of benzene rings is 2. The average Bonchev–Trinajstić information content (AvgIpc) is 3.03. The predicted molar refractivity (Wildman–Crippen MR) is 103 cm³/mol. The number of amides is 1. The maximum Gasteiger partial charge on any atom is 0.414 e. The highest BCUT2D eigenvalue weighted by molar-refractivity contribution is 5.96. The Balaban J connectivity index is 1.81. The van der Waals surface area contributed by atoms with Crippen LogP contribution in [0.5, 0.6) is 0 Å². The molecule has 0 fully saturated rings. The number of aromatic amines is 1. The summed E-state index contributed by atoms with van der Waals surface area (Å²) in [6.07, 6.45) is 1.57. The zero-order chi connectivity index (χ0) is 18.3. The minimum absolute atomic E-state index is 0.304. The Morgan fingerprint density at radius 2 is 1.96 bits per heavy atom. The second-order valence-electron chi connectivity index (χ2n) is 7.65. The van der Waals surface area contributed by atoms with Crippen molar-refractivity contribution in [2.24, 2.45) is 0 Å². The molecular formula is C21H23N3O2. The molecule has 0 saturated carbocycles. The number of para-hydroxylation sites is 3. The lowest BCUT2D eigenvalue weighted by atomic mass is 9.97. The number of ether oxygens (including phenoxy) is 1. The minimum Gasteiger partial charge on any atom is -0.443 e. The van der Waals surface area contributed by atoms with Gasteiger partial charge in [-0.3, -0.25) is 4.90 Å². The quantitative estimate of drug-likeness (QED) is 0.678. The number of hydrogen-bond acceptors (Lipinski definition) is 3. The van der Waals surface area contributed by atoms with Gasteiger partial charge >= 0.3 is 6.09 Å².